The number of carbonyl (C=O) groups is 1. The van der Waals surface area contributed by atoms with Crippen molar-refractivity contribution in [1.82, 2.24) is 15.1 Å². The van der Waals surface area contributed by atoms with Crippen LogP contribution in [-0.4, -0.2) is 22.2 Å². The number of benzene rings is 1. The van der Waals surface area contributed by atoms with Gasteiger partial charge in [0, 0.05) is 23.7 Å². The lowest BCUT2D eigenvalue weighted by molar-refractivity contribution is -0.141. The highest BCUT2D eigenvalue weighted by Gasteiger charge is 2.37. The van der Waals surface area contributed by atoms with Gasteiger partial charge in [0.2, 0.25) is 0 Å². The summed E-state index contributed by atoms with van der Waals surface area (Å²) in [7, 11) is 0. The molecule has 0 aliphatic heterocycles. The first kappa shape index (κ1) is 18.1. The van der Waals surface area contributed by atoms with Gasteiger partial charge in [0.1, 0.15) is 0 Å². The van der Waals surface area contributed by atoms with E-state index in [0.717, 1.165) is 18.9 Å². The second-order valence-electron chi connectivity index (χ2n) is 5.83. The molecule has 1 fully saturated rings. The summed E-state index contributed by atoms with van der Waals surface area (Å²) in [6.07, 6.45) is -2.75. The molecule has 0 radical (unpaired) electrons. The van der Waals surface area contributed by atoms with Crippen molar-refractivity contribution in [1.29, 1.82) is 0 Å². The van der Waals surface area contributed by atoms with Crippen LogP contribution in [0.25, 0.3) is 0 Å². The van der Waals surface area contributed by atoms with E-state index < -0.39 is 11.9 Å². The van der Waals surface area contributed by atoms with Gasteiger partial charge in [0.15, 0.2) is 5.69 Å². The molecular weight excluding hydrogens is 378 g/mol. The Kier molecular flexibility index (Phi) is 4.97. The van der Waals surface area contributed by atoms with Crippen LogP contribution in [0.1, 0.15) is 40.5 Å². The minimum Gasteiger partial charge on any atom is -0.350 e. The van der Waals surface area contributed by atoms with Crippen LogP contribution in [0.15, 0.2) is 24.3 Å². The zero-order valence-corrected chi connectivity index (χ0v) is 14.4. The van der Waals surface area contributed by atoms with Crippen LogP contribution in [0, 0.1) is 0 Å². The Hall–Kier alpha value is -1.73. The summed E-state index contributed by atoms with van der Waals surface area (Å²) in [5, 5.41) is 6.88. The van der Waals surface area contributed by atoms with Crippen molar-refractivity contribution in [3.63, 3.8) is 0 Å². The smallest absolute Gasteiger partial charge is 0.350 e. The highest BCUT2D eigenvalue weighted by atomic mass is 35.5. The van der Waals surface area contributed by atoms with Crippen molar-refractivity contribution in [3.05, 3.63) is 51.3 Å². The van der Waals surface area contributed by atoms with Crippen LogP contribution in [0.3, 0.4) is 0 Å². The molecule has 25 heavy (non-hydrogen) atoms. The van der Waals surface area contributed by atoms with E-state index in [-0.39, 0.29) is 29.9 Å². The molecule has 1 heterocycles. The first-order valence-corrected chi connectivity index (χ1v) is 8.39. The lowest BCUT2D eigenvalue weighted by atomic mass is 10.2. The zero-order chi connectivity index (χ0) is 18.2. The number of halogens is 5. The first-order chi connectivity index (χ1) is 11.8. The molecule has 0 saturated heterocycles. The van der Waals surface area contributed by atoms with Crippen molar-refractivity contribution < 1.29 is 18.0 Å². The van der Waals surface area contributed by atoms with E-state index in [4.69, 9.17) is 23.2 Å². The van der Waals surface area contributed by atoms with Gasteiger partial charge >= 0.3 is 6.18 Å². The molecule has 1 aromatic carbocycles. The average Bonchev–Trinajstić information content (AvgIpc) is 3.29. The minimum atomic E-state index is -4.47. The van der Waals surface area contributed by atoms with Crippen molar-refractivity contribution >= 4 is 29.1 Å². The second kappa shape index (κ2) is 6.88. The maximum absolute atomic E-state index is 12.8. The number of rotatable bonds is 5. The average molecular weight is 392 g/mol. The van der Waals surface area contributed by atoms with E-state index in [1.165, 1.54) is 22.9 Å². The summed E-state index contributed by atoms with van der Waals surface area (Å²) in [6.45, 7) is 0.312. The van der Waals surface area contributed by atoms with E-state index in [1.807, 2.05) is 0 Å². The molecule has 1 saturated carbocycles. The molecule has 0 unspecified atom stereocenters. The Morgan fingerprint density at radius 2 is 1.96 bits per heavy atom. The summed E-state index contributed by atoms with van der Waals surface area (Å²) < 4.78 is 39.8. The third-order valence-corrected chi connectivity index (χ3v) is 4.63. The van der Waals surface area contributed by atoms with Gasteiger partial charge in [-0.15, -0.1) is 0 Å². The Labute approximate surface area is 151 Å². The molecule has 3 rings (SSSR count). The van der Waals surface area contributed by atoms with Crippen molar-refractivity contribution in [2.45, 2.75) is 31.5 Å². The lowest BCUT2D eigenvalue weighted by Gasteiger charge is -2.09. The van der Waals surface area contributed by atoms with Gasteiger partial charge in [0.05, 0.1) is 16.6 Å². The normalized spacial score (nSPS) is 14.6. The standard InChI is InChI=1S/C16H14Cl2F3N3O/c17-11-4-3-10(7-12(11)18)15(25)22-5-6-24-13(9-1-2-9)8-14(23-24)16(19,20)21/h3-4,7-9H,1-2,5-6H2,(H,22,25). The van der Waals surface area contributed by atoms with E-state index >= 15 is 0 Å². The van der Waals surface area contributed by atoms with E-state index in [2.05, 4.69) is 10.4 Å². The first-order valence-electron chi connectivity index (χ1n) is 7.64. The van der Waals surface area contributed by atoms with E-state index in [1.54, 1.807) is 0 Å². The van der Waals surface area contributed by atoms with Crippen LogP contribution in [-0.2, 0) is 12.7 Å². The summed E-state index contributed by atoms with van der Waals surface area (Å²) >= 11 is 11.7. The molecule has 1 N–H and O–H groups in total. The second-order valence-corrected chi connectivity index (χ2v) is 6.65. The summed E-state index contributed by atoms with van der Waals surface area (Å²) in [5.41, 5.74) is -0.00502. The number of aromatic nitrogens is 2. The SMILES string of the molecule is O=C(NCCn1nc(C(F)(F)F)cc1C1CC1)c1ccc(Cl)c(Cl)c1. The third kappa shape index (κ3) is 4.27. The number of amides is 1. The van der Waals surface area contributed by atoms with Crippen LogP contribution in [0.5, 0.6) is 0 Å². The highest BCUT2D eigenvalue weighted by Crippen LogP contribution is 2.42. The zero-order valence-electron chi connectivity index (χ0n) is 12.9. The fourth-order valence-corrected chi connectivity index (χ4v) is 2.77. The van der Waals surface area contributed by atoms with Gasteiger partial charge in [-0.2, -0.15) is 18.3 Å². The Morgan fingerprint density at radius 1 is 1.24 bits per heavy atom. The molecule has 0 atom stereocenters. The van der Waals surface area contributed by atoms with Crippen LogP contribution >= 0.6 is 23.2 Å². The van der Waals surface area contributed by atoms with Gasteiger partial charge in [-0.1, -0.05) is 23.2 Å². The van der Waals surface area contributed by atoms with E-state index in [0.29, 0.717) is 16.3 Å². The maximum Gasteiger partial charge on any atom is 0.435 e. The molecule has 4 nitrogen and oxygen atoms in total. The van der Waals surface area contributed by atoms with Crippen LogP contribution < -0.4 is 5.32 Å². The monoisotopic (exact) mass is 391 g/mol. The largest absolute Gasteiger partial charge is 0.435 e. The molecular formula is C16H14Cl2F3N3O. The quantitative estimate of drug-likeness (QED) is 0.814. The van der Waals surface area contributed by atoms with Gasteiger partial charge in [-0.3, -0.25) is 9.48 Å². The number of carbonyl (C=O) groups excluding carboxylic acids is 1. The molecule has 1 amide bonds. The molecule has 0 spiro atoms. The fraction of sp³-hybridized carbons (Fsp3) is 0.375. The Balaban J connectivity index is 1.64. The van der Waals surface area contributed by atoms with E-state index in [9.17, 15) is 18.0 Å². The number of alkyl halides is 3. The van der Waals surface area contributed by atoms with Crippen molar-refractivity contribution in [2.24, 2.45) is 0 Å². The molecule has 1 aliphatic carbocycles. The molecule has 0 bridgehead atoms. The van der Waals surface area contributed by atoms with Gasteiger partial charge < -0.3 is 5.32 Å². The summed E-state index contributed by atoms with van der Waals surface area (Å²) in [5.74, 6) is -0.260. The maximum atomic E-state index is 12.8. The number of nitrogens with one attached hydrogen (secondary N) is 1. The molecule has 2 aromatic rings. The molecule has 1 aliphatic rings. The van der Waals surface area contributed by atoms with Gasteiger partial charge in [-0.05, 0) is 37.1 Å². The predicted octanol–water partition coefficient (Wildman–Crippen LogP) is 4.52. The number of nitrogens with zero attached hydrogens (tertiary/aromatic N) is 2. The third-order valence-electron chi connectivity index (χ3n) is 3.89. The van der Waals surface area contributed by atoms with Crippen LogP contribution in [0.2, 0.25) is 10.0 Å². The Bertz CT molecular complexity index is 800. The van der Waals surface area contributed by atoms with Gasteiger partial charge in [-0.25, -0.2) is 0 Å². The van der Waals surface area contributed by atoms with Gasteiger partial charge in [0.25, 0.3) is 5.91 Å². The number of hydrogen-bond donors (Lipinski definition) is 1. The van der Waals surface area contributed by atoms with Crippen molar-refractivity contribution in [2.75, 3.05) is 6.54 Å². The summed E-state index contributed by atoms with van der Waals surface area (Å²) in [6, 6.07) is 5.56. The Morgan fingerprint density at radius 3 is 2.56 bits per heavy atom. The highest BCUT2D eigenvalue weighted by molar-refractivity contribution is 6.42. The molecule has 1 aromatic heterocycles. The minimum absolute atomic E-state index is 0.120. The lowest BCUT2D eigenvalue weighted by Crippen LogP contribution is -2.28. The van der Waals surface area contributed by atoms with Crippen molar-refractivity contribution in [3.8, 4) is 0 Å². The molecule has 134 valence electrons. The summed E-state index contributed by atoms with van der Waals surface area (Å²) in [4.78, 5) is 12.1. The fourth-order valence-electron chi connectivity index (χ4n) is 2.47. The van der Waals surface area contributed by atoms with Crippen LogP contribution in [0.4, 0.5) is 13.2 Å². The topological polar surface area (TPSA) is 46.9 Å². The molecule has 9 heteroatoms. The number of hydrogen-bond acceptors (Lipinski definition) is 2. The predicted molar refractivity (Wildman–Crippen MR) is 88.0 cm³/mol.